The predicted molar refractivity (Wildman–Crippen MR) is 30.3 cm³/mol. The Morgan fingerprint density at radius 2 is 2.11 bits per heavy atom. The summed E-state index contributed by atoms with van der Waals surface area (Å²) in [4.78, 5) is 0. The smallest absolute Gasteiger partial charge is 0.297 e. The molecule has 0 aromatic carbocycles. The molecular formula is C4H6F3NS. The van der Waals surface area contributed by atoms with Crippen molar-refractivity contribution in [2.24, 2.45) is 0 Å². The van der Waals surface area contributed by atoms with Gasteiger partial charge in [0.1, 0.15) is 0 Å². The van der Waals surface area contributed by atoms with E-state index in [1.165, 1.54) is 0 Å². The Kier molecular flexibility index (Phi) is 1.91. The van der Waals surface area contributed by atoms with Gasteiger partial charge in [0.05, 0.1) is 0 Å². The minimum absolute atomic E-state index is 0.467. The van der Waals surface area contributed by atoms with Crippen LogP contribution in [0.15, 0.2) is 0 Å². The Hall–Kier alpha value is 0.100. The summed E-state index contributed by atoms with van der Waals surface area (Å²) in [5.74, 6) is 0.560. The lowest BCUT2D eigenvalue weighted by molar-refractivity contribution is -0.132. The van der Waals surface area contributed by atoms with E-state index in [4.69, 9.17) is 0 Å². The standard InChI is InChI=1S/C4H6F3NS/c5-4(6,7)3-8-1-2-9-3/h3,8H,1-2H2/t3-/m1/s1. The molecular weight excluding hydrogens is 151 g/mol. The summed E-state index contributed by atoms with van der Waals surface area (Å²) in [5.41, 5.74) is 0. The summed E-state index contributed by atoms with van der Waals surface area (Å²) in [6, 6.07) is 0. The van der Waals surface area contributed by atoms with Crippen LogP contribution in [0.3, 0.4) is 0 Å². The minimum Gasteiger partial charge on any atom is -0.297 e. The van der Waals surface area contributed by atoms with Gasteiger partial charge in [-0.15, -0.1) is 11.8 Å². The van der Waals surface area contributed by atoms with Crippen molar-refractivity contribution in [3.8, 4) is 0 Å². The molecule has 1 heterocycles. The fourth-order valence-electron chi connectivity index (χ4n) is 0.636. The number of thioether (sulfide) groups is 1. The van der Waals surface area contributed by atoms with E-state index in [1.807, 2.05) is 0 Å². The highest BCUT2D eigenvalue weighted by Crippen LogP contribution is 2.30. The van der Waals surface area contributed by atoms with Gasteiger partial charge < -0.3 is 0 Å². The van der Waals surface area contributed by atoms with Gasteiger partial charge in [-0.2, -0.15) is 13.2 Å². The molecule has 54 valence electrons. The maximum Gasteiger partial charge on any atom is 0.413 e. The van der Waals surface area contributed by atoms with E-state index in [0.29, 0.717) is 12.3 Å². The average Bonchev–Trinajstić information content (AvgIpc) is 2.08. The highest BCUT2D eigenvalue weighted by atomic mass is 32.2. The van der Waals surface area contributed by atoms with Crippen molar-refractivity contribution in [3.05, 3.63) is 0 Å². The van der Waals surface area contributed by atoms with E-state index < -0.39 is 11.6 Å². The summed E-state index contributed by atoms with van der Waals surface area (Å²) in [7, 11) is 0. The van der Waals surface area contributed by atoms with E-state index in [9.17, 15) is 13.2 Å². The lowest BCUT2D eigenvalue weighted by Gasteiger charge is -2.12. The number of nitrogens with one attached hydrogen (secondary N) is 1. The number of hydrogen-bond acceptors (Lipinski definition) is 2. The predicted octanol–water partition coefficient (Wildman–Crippen LogP) is 1.21. The van der Waals surface area contributed by atoms with Gasteiger partial charge in [-0.1, -0.05) is 0 Å². The van der Waals surface area contributed by atoms with Gasteiger partial charge in [-0.25, -0.2) is 0 Å². The van der Waals surface area contributed by atoms with E-state index >= 15 is 0 Å². The monoisotopic (exact) mass is 157 g/mol. The lowest BCUT2D eigenvalue weighted by atomic mass is 10.6. The molecule has 5 heteroatoms. The molecule has 1 fully saturated rings. The van der Waals surface area contributed by atoms with Crippen molar-refractivity contribution in [1.82, 2.24) is 5.32 Å². The Labute approximate surface area is 55.0 Å². The van der Waals surface area contributed by atoms with Gasteiger partial charge >= 0.3 is 6.18 Å². The zero-order valence-electron chi connectivity index (χ0n) is 4.53. The Morgan fingerprint density at radius 1 is 1.44 bits per heavy atom. The largest absolute Gasteiger partial charge is 0.413 e. The normalized spacial score (nSPS) is 29.0. The van der Waals surface area contributed by atoms with Crippen LogP contribution >= 0.6 is 11.8 Å². The van der Waals surface area contributed by atoms with Crippen LogP contribution in [0.2, 0.25) is 0 Å². The van der Waals surface area contributed by atoms with Crippen molar-refractivity contribution in [3.63, 3.8) is 0 Å². The molecule has 1 rings (SSSR count). The van der Waals surface area contributed by atoms with Crippen LogP contribution in [0.25, 0.3) is 0 Å². The number of rotatable bonds is 0. The highest BCUT2D eigenvalue weighted by Gasteiger charge is 2.41. The Balaban J connectivity index is 2.42. The zero-order chi connectivity index (χ0) is 6.91. The first-order valence-corrected chi connectivity index (χ1v) is 3.57. The second-order valence-corrected chi connectivity index (χ2v) is 2.96. The first-order chi connectivity index (χ1) is 4.11. The van der Waals surface area contributed by atoms with Gasteiger partial charge in [-0.05, 0) is 0 Å². The molecule has 0 bridgehead atoms. The second-order valence-electron chi connectivity index (χ2n) is 1.75. The van der Waals surface area contributed by atoms with E-state index in [1.54, 1.807) is 0 Å². The van der Waals surface area contributed by atoms with E-state index in [2.05, 4.69) is 5.32 Å². The van der Waals surface area contributed by atoms with Crippen LogP contribution in [-0.2, 0) is 0 Å². The molecule has 0 aliphatic carbocycles. The molecule has 0 aromatic rings. The number of hydrogen-bond donors (Lipinski definition) is 1. The first kappa shape index (κ1) is 7.21. The molecule has 1 nitrogen and oxygen atoms in total. The van der Waals surface area contributed by atoms with E-state index in [0.717, 1.165) is 11.8 Å². The summed E-state index contributed by atoms with van der Waals surface area (Å²) in [6.45, 7) is 0.467. The quantitative estimate of drug-likeness (QED) is 0.567. The molecule has 1 aliphatic rings. The molecule has 9 heavy (non-hydrogen) atoms. The number of alkyl halides is 3. The topological polar surface area (TPSA) is 12.0 Å². The van der Waals surface area contributed by atoms with Gasteiger partial charge in [0.15, 0.2) is 5.37 Å². The molecule has 1 N–H and O–H groups in total. The summed E-state index contributed by atoms with van der Waals surface area (Å²) < 4.78 is 35.0. The van der Waals surface area contributed by atoms with E-state index in [-0.39, 0.29) is 0 Å². The van der Waals surface area contributed by atoms with Gasteiger partial charge in [-0.3, -0.25) is 5.32 Å². The maximum atomic E-state index is 11.7. The molecule has 0 radical (unpaired) electrons. The van der Waals surface area contributed by atoms with Crippen LogP contribution < -0.4 is 5.32 Å². The summed E-state index contributed by atoms with van der Waals surface area (Å²) >= 11 is 0.913. The lowest BCUT2D eigenvalue weighted by Crippen LogP contribution is -2.34. The van der Waals surface area contributed by atoms with Crippen LogP contribution in [0.5, 0.6) is 0 Å². The SMILES string of the molecule is FC(F)(F)[C@@H]1NCCS1. The summed E-state index contributed by atoms with van der Waals surface area (Å²) in [5, 5.41) is 1.01. The minimum atomic E-state index is -4.07. The van der Waals surface area contributed by atoms with Crippen LogP contribution in [0.4, 0.5) is 13.2 Å². The summed E-state index contributed by atoms with van der Waals surface area (Å²) in [6.07, 6.45) is -4.07. The Morgan fingerprint density at radius 3 is 2.33 bits per heavy atom. The average molecular weight is 157 g/mol. The van der Waals surface area contributed by atoms with Crippen LogP contribution in [0, 0.1) is 0 Å². The van der Waals surface area contributed by atoms with Crippen molar-refractivity contribution >= 4 is 11.8 Å². The fourth-order valence-corrected chi connectivity index (χ4v) is 1.53. The van der Waals surface area contributed by atoms with Crippen LogP contribution in [0.1, 0.15) is 0 Å². The van der Waals surface area contributed by atoms with Crippen molar-refractivity contribution in [2.45, 2.75) is 11.6 Å². The van der Waals surface area contributed by atoms with Gasteiger partial charge in [0, 0.05) is 12.3 Å². The molecule has 1 saturated heterocycles. The second kappa shape index (κ2) is 2.38. The first-order valence-electron chi connectivity index (χ1n) is 2.52. The molecule has 1 atom stereocenters. The molecule has 0 aromatic heterocycles. The third-order valence-corrected chi connectivity index (χ3v) is 2.22. The molecule has 0 amide bonds. The third kappa shape index (κ3) is 1.76. The third-order valence-electron chi connectivity index (χ3n) is 1.01. The fraction of sp³-hybridized carbons (Fsp3) is 1.00. The molecule has 0 saturated carbocycles. The molecule has 0 unspecified atom stereocenters. The maximum absolute atomic E-state index is 11.7. The van der Waals surface area contributed by atoms with Crippen molar-refractivity contribution in [1.29, 1.82) is 0 Å². The van der Waals surface area contributed by atoms with Crippen molar-refractivity contribution in [2.75, 3.05) is 12.3 Å². The highest BCUT2D eigenvalue weighted by molar-refractivity contribution is 8.00. The number of halogens is 3. The van der Waals surface area contributed by atoms with Crippen LogP contribution in [-0.4, -0.2) is 23.8 Å². The van der Waals surface area contributed by atoms with Gasteiger partial charge in [0.2, 0.25) is 0 Å². The zero-order valence-corrected chi connectivity index (χ0v) is 5.35. The molecule has 0 spiro atoms. The van der Waals surface area contributed by atoms with Gasteiger partial charge in [0.25, 0.3) is 0 Å². The Bertz CT molecular complexity index is 96.5. The molecule has 1 aliphatic heterocycles. The van der Waals surface area contributed by atoms with Crippen molar-refractivity contribution < 1.29 is 13.2 Å².